The van der Waals surface area contributed by atoms with E-state index in [0.717, 1.165) is 13.1 Å². The maximum atomic E-state index is 3.51. The minimum Gasteiger partial charge on any atom is -0.313 e. The Hall–Kier alpha value is -0.510. The standard InChI is InChI=1S/C13H17NS2/c1-15-8-4-7-14-9-11-10-16-13-6-3-2-5-12(11)13/h2-3,5-6,10,14H,4,7-9H2,1H3. The van der Waals surface area contributed by atoms with Crippen molar-refractivity contribution in [1.82, 2.24) is 5.32 Å². The average Bonchev–Trinajstić information content (AvgIpc) is 2.73. The van der Waals surface area contributed by atoms with Crippen LogP contribution in [0.3, 0.4) is 0 Å². The molecule has 1 N–H and O–H groups in total. The molecule has 0 unspecified atom stereocenters. The minimum atomic E-state index is 0.998. The number of benzene rings is 1. The van der Waals surface area contributed by atoms with E-state index in [9.17, 15) is 0 Å². The zero-order valence-corrected chi connectivity index (χ0v) is 11.2. The SMILES string of the molecule is CSCCCNCc1csc2ccccc12. The van der Waals surface area contributed by atoms with E-state index >= 15 is 0 Å². The van der Waals surface area contributed by atoms with Gasteiger partial charge in [-0.2, -0.15) is 11.8 Å². The maximum Gasteiger partial charge on any atom is 0.0346 e. The predicted molar refractivity (Wildman–Crippen MR) is 76.5 cm³/mol. The van der Waals surface area contributed by atoms with Gasteiger partial charge < -0.3 is 5.32 Å². The first kappa shape index (κ1) is 12.0. The summed E-state index contributed by atoms with van der Waals surface area (Å²) in [4.78, 5) is 0. The molecule has 0 saturated heterocycles. The zero-order chi connectivity index (χ0) is 11.2. The molecule has 0 saturated carbocycles. The summed E-state index contributed by atoms with van der Waals surface area (Å²) >= 11 is 3.75. The molecule has 86 valence electrons. The number of hydrogen-bond donors (Lipinski definition) is 1. The van der Waals surface area contributed by atoms with Gasteiger partial charge in [0.15, 0.2) is 0 Å². The second-order valence-electron chi connectivity index (χ2n) is 3.78. The average molecular weight is 251 g/mol. The van der Waals surface area contributed by atoms with Gasteiger partial charge in [-0.05, 0) is 47.4 Å². The highest BCUT2D eigenvalue weighted by molar-refractivity contribution is 7.98. The molecule has 0 bridgehead atoms. The Morgan fingerprint density at radius 2 is 2.19 bits per heavy atom. The van der Waals surface area contributed by atoms with Crippen LogP contribution in [0, 0.1) is 0 Å². The van der Waals surface area contributed by atoms with Crippen molar-refractivity contribution in [2.45, 2.75) is 13.0 Å². The second kappa shape index (κ2) is 6.28. The van der Waals surface area contributed by atoms with Gasteiger partial charge in [-0.25, -0.2) is 0 Å². The monoisotopic (exact) mass is 251 g/mol. The van der Waals surface area contributed by atoms with Crippen LogP contribution in [0.5, 0.6) is 0 Å². The maximum absolute atomic E-state index is 3.51. The molecule has 2 aromatic rings. The first-order chi connectivity index (χ1) is 7.92. The topological polar surface area (TPSA) is 12.0 Å². The van der Waals surface area contributed by atoms with Crippen molar-refractivity contribution >= 4 is 33.2 Å². The Morgan fingerprint density at radius 3 is 3.06 bits per heavy atom. The molecule has 0 radical (unpaired) electrons. The Labute approximate surface area is 105 Å². The van der Waals surface area contributed by atoms with Gasteiger partial charge in [0.2, 0.25) is 0 Å². The summed E-state index contributed by atoms with van der Waals surface area (Å²) < 4.78 is 1.39. The lowest BCUT2D eigenvalue weighted by Crippen LogP contribution is -2.14. The van der Waals surface area contributed by atoms with Gasteiger partial charge >= 0.3 is 0 Å². The largest absolute Gasteiger partial charge is 0.313 e. The third-order valence-corrected chi connectivity index (χ3v) is 4.29. The van der Waals surface area contributed by atoms with E-state index in [1.165, 1.54) is 27.8 Å². The lowest BCUT2D eigenvalue weighted by Gasteiger charge is -2.03. The van der Waals surface area contributed by atoms with Crippen molar-refractivity contribution in [3.8, 4) is 0 Å². The molecule has 0 fully saturated rings. The lowest BCUT2D eigenvalue weighted by molar-refractivity contribution is 0.682. The third kappa shape index (κ3) is 3.00. The first-order valence-corrected chi connectivity index (χ1v) is 7.84. The summed E-state index contributed by atoms with van der Waals surface area (Å²) in [5, 5.41) is 7.19. The fraction of sp³-hybridized carbons (Fsp3) is 0.385. The van der Waals surface area contributed by atoms with Crippen molar-refractivity contribution in [3.63, 3.8) is 0 Å². The van der Waals surface area contributed by atoms with Gasteiger partial charge in [-0.1, -0.05) is 18.2 Å². The quantitative estimate of drug-likeness (QED) is 0.785. The molecule has 0 atom stereocenters. The molecule has 0 aliphatic heterocycles. The molecule has 0 amide bonds. The van der Waals surface area contributed by atoms with E-state index in [1.54, 1.807) is 0 Å². The molecular formula is C13H17NS2. The van der Waals surface area contributed by atoms with E-state index < -0.39 is 0 Å². The molecule has 0 aliphatic rings. The fourth-order valence-electron chi connectivity index (χ4n) is 1.73. The molecule has 1 aromatic carbocycles. The van der Waals surface area contributed by atoms with Gasteiger partial charge in [-0.15, -0.1) is 11.3 Å². The minimum absolute atomic E-state index is 0.998. The molecule has 1 aromatic heterocycles. The predicted octanol–water partition coefficient (Wildman–Crippen LogP) is 3.74. The summed E-state index contributed by atoms with van der Waals surface area (Å²) in [6.07, 6.45) is 3.41. The highest BCUT2D eigenvalue weighted by Crippen LogP contribution is 2.25. The van der Waals surface area contributed by atoms with Crippen LogP contribution in [-0.2, 0) is 6.54 Å². The van der Waals surface area contributed by atoms with Gasteiger partial charge in [0.05, 0.1) is 0 Å². The second-order valence-corrected chi connectivity index (χ2v) is 5.68. The van der Waals surface area contributed by atoms with Crippen molar-refractivity contribution in [2.75, 3.05) is 18.6 Å². The fourth-order valence-corrected chi connectivity index (χ4v) is 3.13. The summed E-state index contributed by atoms with van der Waals surface area (Å²) in [7, 11) is 0. The summed E-state index contributed by atoms with van der Waals surface area (Å²) in [6.45, 7) is 2.11. The summed E-state index contributed by atoms with van der Waals surface area (Å²) in [6, 6.07) is 8.63. The number of hydrogen-bond acceptors (Lipinski definition) is 3. The normalized spacial score (nSPS) is 11.1. The van der Waals surface area contributed by atoms with E-state index in [2.05, 4.69) is 41.2 Å². The highest BCUT2D eigenvalue weighted by atomic mass is 32.2. The van der Waals surface area contributed by atoms with Crippen LogP contribution in [0.2, 0.25) is 0 Å². The Bertz CT molecular complexity index is 436. The molecule has 1 nitrogen and oxygen atoms in total. The molecule has 0 aliphatic carbocycles. The van der Waals surface area contributed by atoms with Crippen LogP contribution in [0.4, 0.5) is 0 Å². The Kier molecular flexibility index (Phi) is 4.69. The van der Waals surface area contributed by atoms with Crippen molar-refractivity contribution < 1.29 is 0 Å². The summed E-state index contributed by atoms with van der Waals surface area (Å²) in [5.74, 6) is 1.25. The molecule has 1 heterocycles. The van der Waals surface area contributed by atoms with Gasteiger partial charge in [0.1, 0.15) is 0 Å². The van der Waals surface area contributed by atoms with Gasteiger partial charge in [0, 0.05) is 11.2 Å². The van der Waals surface area contributed by atoms with Crippen molar-refractivity contribution in [3.05, 3.63) is 35.2 Å². The van der Waals surface area contributed by atoms with E-state index in [4.69, 9.17) is 0 Å². The van der Waals surface area contributed by atoms with Crippen molar-refractivity contribution in [2.24, 2.45) is 0 Å². The van der Waals surface area contributed by atoms with Crippen LogP contribution < -0.4 is 5.32 Å². The molecular weight excluding hydrogens is 234 g/mol. The Balaban J connectivity index is 1.89. The molecule has 3 heteroatoms. The molecule has 0 spiro atoms. The number of rotatable bonds is 6. The number of thiophene rings is 1. The lowest BCUT2D eigenvalue weighted by atomic mass is 10.2. The summed E-state index contributed by atoms with van der Waals surface area (Å²) in [5.41, 5.74) is 1.43. The molecule has 16 heavy (non-hydrogen) atoms. The first-order valence-electron chi connectivity index (χ1n) is 5.56. The van der Waals surface area contributed by atoms with Crippen LogP contribution in [0.1, 0.15) is 12.0 Å². The number of thioether (sulfide) groups is 1. The highest BCUT2D eigenvalue weighted by Gasteiger charge is 2.01. The van der Waals surface area contributed by atoms with Gasteiger partial charge in [0.25, 0.3) is 0 Å². The third-order valence-electron chi connectivity index (χ3n) is 2.58. The van der Waals surface area contributed by atoms with E-state index in [1.807, 2.05) is 23.1 Å². The van der Waals surface area contributed by atoms with Crippen LogP contribution in [0.15, 0.2) is 29.6 Å². The van der Waals surface area contributed by atoms with Crippen LogP contribution in [-0.4, -0.2) is 18.6 Å². The van der Waals surface area contributed by atoms with E-state index in [0.29, 0.717) is 0 Å². The van der Waals surface area contributed by atoms with Crippen molar-refractivity contribution in [1.29, 1.82) is 0 Å². The van der Waals surface area contributed by atoms with Crippen LogP contribution in [0.25, 0.3) is 10.1 Å². The smallest absolute Gasteiger partial charge is 0.0346 e. The Morgan fingerprint density at radius 1 is 1.31 bits per heavy atom. The van der Waals surface area contributed by atoms with E-state index in [-0.39, 0.29) is 0 Å². The van der Waals surface area contributed by atoms with Crippen LogP contribution >= 0.6 is 23.1 Å². The number of fused-ring (bicyclic) bond motifs is 1. The molecule has 2 rings (SSSR count). The zero-order valence-electron chi connectivity index (χ0n) is 9.53. The van der Waals surface area contributed by atoms with Gasteiger partial charge in [-0.3, -0.25) is 0 Å². The number of nitrogens with one attached hydrogen (secondary N) is 1.